The number of anilines is 1. The Morgan fingerprint density at radius 2 is 1.61 bits per heavy atom. The number of nitrogens with zero attached hydrogens (tertiary/aromatic N) is 2. The normalized spacial score (nSPS) is 15.1. The smallest absolute Gasteiger partial charge is 0.243 e. The first-order valence-electron chi connectivity index (χ1n) is 8.97. The van der Waals surface area contributed by atoms with Crippen molar-refractivity contribution in [3.05, 3.63) is 59.2 Å². The fourth-order valence-electron chi connectivity index (χ4n) is 3.22. The van der Waals surface area contributed by atoms with Crippen LogP contribution in [0.4, 0.5) is 5.69 Å². The molecular weight excluding hydrogens is 398 g/mol. The molecule has 3 rings (SSSR count). The van der Waals surface area contributed by atoms with Gasteiger partial charge in [-0.2, -0.15) is 4.31 Å². The molecule has 28 heavy (non-hydrogen) atoms. The first-order chi connectivity index (χ1) is 12.8. The zero-order chi connectivity index (χ0) is 19.6. The molecule has 6 nitrogen and oxygen atoms in total. The van der Waals surface area contributed by atoms with Crippen molar-refractivity contribution in [2.24, 2.45) is 0 Å². The van der Waals surface area contributed by atoms with E-state index in [2.05, 4.69) is 0 Å². The minimum atomic E-state index is -3.55. The topological polar surface area (TPSA) is 83.7 Å². The summed E-state index contributed by atoms with van der Waals surface area (Å²) in [5, 5.41) is 0. The number of hydrogen-bond acceptors (Lipinski definition) is 4. The lowest BCUT2D eigenvalue weighted by atomic mass is 10.1. The van der Waals surface area contributed by atoms with E-state index in [9.17, 15) is 13.2 Å². The summed E-state index contributed by atoms with van der Waals surface area (Å²) in [5.74, 6) is 0.00329. The third-order valence-electron chi connectivity index (χ3n) is 4.89. The van der Waals surface area contributed by atoms with Crippen molar-refractivity contribution in [2.75, 3.05) is 31.9 Å². The standard InChI is InChI=1S/C20H25N3O3S.ClH/c1-15-3-4-16(2)19(13-15)27(25,26)23-11-9-22(10-12-23)20(24)14-17-5-7-18(21)8-6-17;/h3-8,13H,9-12,14,21H2,1-2H3;1H. The largest absolute Gasteiger partial charge is 0.399 e. The van der Waals surface area contributed by atoms with Crippen molar-refractivity contribution in [2.45, 2.75) is 25.2 Å². The first-order valence-corrected chi connectivity index (χ1v) is 10.4. The molecule has 0 bridgehead atoms. The molecule has 0 radical (unpaired) electrons. The lowest BCUT2D eigenvalue weighted by molar-refractivity contribution is -0.131. The number of halogens is 1. The minimum absolute atomic E-state index is 0. The summed E-state index contributed by atoms with van der Waals surface area (Å²) in [6, 6.07) is 12.7. The Balaban J connectivity index is 0.00000280. The number of hydrogen-bond donors (Lipinski definition) is 1. The van der Waals surface area contributed by atoms with E-state index < -0.39 is 10.0 Å². The molecule has 1 heterocycles. The molecule has 0 aliphatic carbocycles. The second-order valence-corrected chi connectivity index (χ2v) is 8.88. The zero-order valence-corrected chi connectivity index (χ0v) is 17.7. The van der Waals surface area contributed by atoms with Gasteiger partial charge in [-0.3, -0.25) is 4.79 Å². The molecule has 2 aromatic carbocycles. The summed E-state index contributed by atoms with van der Waals surface area (Å²) in [6.45, 7) is 5.10. The summed E-state index contributed by atoms with van der Waals surface area (Å²) < 4.78 is 27.4. The molecule has 0 saturated carbocycles. The average Bonchev–Trinajstić information content (AvgIpc) is 2.65. The van der Waals surface area contributed by atoms with Crippen LogP contribution in [0.5, 0.6) is 0 Å². The molecule has 1 saturated heterocycles. The van der Waals surface area contributed by atoms with Gasteiger partial charge in [0.2, 0.25) is 15.9 Å². The molecule has 0 atom stereocenters. The monoisotopic (exact) mass is 423 g/mol. The van der Waals surface area contributed by atoms with Crippen molar-refractivity contribution in [3.8, 4) is 0 Å². The van der Waals surface area contributed by atoms with E-state index in [1.165, 1.54) is 4.31 Å². The molecule has 0 aromatic heterocycles. The van der Waals surface area contributed by atoms with Gasteiger partial charge in [-0.1, -0.05) is 24.3 Å². The molecule has 1 fully saturated rings. The second-order valence-electron chi connectivity index (χ2n) is 6.97. The van der Waals surface area contributed by atoms with Crippen LogP contribution in [0, 0.1) is 13.8 Å². The van der Waals surface area contributed by atoms with Gasteiger partial charge in [0.25, 0.3) is 0 Å². The number of nitrogen functional groups attached to an aromatic ring is 1. The van der Waals surface area contributed by atoms with Crippen LogP contribution in [0.25, 0.3) is 0 Å². The van der Waals surface area contributed by atoms with Gasteiger partial charge in [0.05, 0.1) is 11.3 Å². The average molecular weight is 424 g/mol. The molecule has 1 aliphatic rings. The molecule has 2 aromatic rings. The van der Waals surface area contributed by atoms with Gasteiger partial charge < -0.3 is 10.6 Å². The molecule has 0 spiro atoms. The summed E-state index contributed by atoms with van der Waals surface area (Å²) in [7, 11) is -3.55. The molecule has 152 valence electrons. The third kappa shape index (κ3) is 4.84. The maximum Gasteiger partial charge on any atom is 0.243 e. The van der Waals surface area contributed by atoms with Crippen molar-refractivity contribution >= 4 is 34.0 Å². The predicted molar refractivity (Wildman–Crippen MR) is 113 cm³/mol. The highest BCUT2D eigenvalue weighted by atomic mass is 35.5. The SMILES string of the molecule is Cc1ccc(C)c(S(=O)(=O)N2CCN(C(=O)Cc3ccc(N)cc3)CC2)c1.Cl. The number of carbonyl (C=O) groups is 1. The quantitative estimate of drug-likeness (QED) is 0.765. The van der Waals surface area contributed by atoms with Crippen LogP contribution in [0.15, 0.2) is 47.4 Å². The lowest BCUT2D eigenvalue weighted by Gasteiger charge is -2.34. The van der Waals surface area contributed by atoms with E-state index in [-0.39, 0.29) is 18.3 Å². The summed E-state index contributed by atoms with van der Waals surface area (Å²) in [6.07, 6.45) is 0.296. The van der Waals surface area contributed by atoms with Gasteiger partial charge in [-0.05, 0) is 48.7 Å². The highest BCUT2D eigenvalue weighted by Crippen LogP contribution is 2.22. The second kappa shape index (κ2) is 8.94. The minimum Gasteiger partial charge on any atom is -0.399 e. The Morgan fingerprint density at radius 3 is 2.21 bits per heavy atom. The molecule has 0 unspecified atom stereocenters. The van der Waals surface area contributed by atoms with Gasteiger partial charge in [0, 0.05) is 31.9 Å². The first kappa shape index (κ1) is 22.2. The van der Waals surface area contributed by atoms with E-state index in [1.807, 2.05) is 31.2 Å². The van der Waals surface area contributed by atoms with Gasteiger partial charge in [0.1, 0.15) is 0 Å². The molecule has 2 N–H and O–H groups in total. The van der Waals surface area contributed by atoms with E-state index in [0.29, 0.717) is 43.2 Å². The van der Waals surface area contributed by atoms with Crippen molar-refractivity contribution in [1.29, 1.82) is 0 Å². The molecule has 1 aliphatic heterocycles. The third-order valence-corrected chi connectivity index (χ3v) is 6.93. The zero-order valence-electron chi connectivity index (χ0n) is 16.1. The number of carbonyl (C=O) groups excluding carboxylic acids is 1. The van der Waals surface area contributed by atoms with Gasteiger partial charge in [-0.25, -0.2) is 8.42 Å². The highest BCUT2D eigenvalue weighted by Gasteiger charge is 2.31. The Bertz CT molecular complexity index is 938. The van der Waals surface area contributed by atoms with E-state index in [0.717, 1.165) is 16.7 Å². The Kier molecular flexibility index (Phi) is 7.09. The van der Waals surface area contributed by atoms with E-state index in [4.69, 9.17) is 5.73 Å². The van der Waals surface area contributed by atoms with E-state index in [1.54, 1.807) is 30.0 Å². The number of piperazine rings is 1. The van der Waals surface area contributed by atoms with Crippen molar-refractivity contribution in [1.82, 2.24) is 9.21 Å². The van der Waals surface area contributed by atoms with Crippen LogP contribution >= 0.6 is 12.4 Å². The maximum atomic E-state index is 13.0. The lowest BCUT2D eigenvalue weighted by Crippen LogP contribution is -2.50. The fourth-order valence-corrected chi connectivity index (χ4v) is 4.96. The van der Waals surface area contributed by atoms with Crippen molar-refractivity contribution in [3.63, 3.8) is 0 Å². The van der Waals surface area contributed by atoms with Crippen molar-refractivity contribution < 1.29 is 13.2 Å². The Hall–Kier alpha value is -2.09. The summed E-state index contributed by atoms with van der Waals surface area (Å²) >= 11 is 0. The Labute approximate surface area is 172 Å². The number of rotatable bonds is 4. The van der Waals surface area contributed by atoms with Crippen LogP contribution in [0.3, 0.4) is 0 Å². The van der Waals surface area contributed by atoms with Crippen LogP contribution in [0.2, 0.25) is 0 Å². The molecule has 1 amide bonds. The van der Waals surface area contributed by atoms with Gasteiger partial charge in [-0.15, -0.1) is 12.4 Å². The summed E-state index contributed by atoms with van der Waals surface area (Å²) in [5.41, 5.74) is 8.88. The van der Waals surface area contributed by atoms with Crippen LogP contribution in [0.1, 0.15) is 16.7 Å². The number of nitrogens with two attached hydrogens (primary N) is 1. The maximum absolute atomic E-state index is 13.0. The van der Waals surface area contributed by atoms with E-state index >= 15 is 0 Å². The number of aryl methyl sites for hydroxylation is 2. The van der Waals surface area contributed by atoms with Gasteiger partial charge in [0.15, 0.2) is 0 Å². The Morgan fingerprint density at radius 1 is 1.00 bits per heavy atom. The number of benzene rings is 2. The predicted octanol–water partition coefficient (Wildman–Crippen LogP) is 2.38. The number of amides is 1. The molecule has 8 heteroatoms. The fraction of sp³-hybridized carbons (Fsp3) is 0.350. The van der Waals surface area contributed by atoms with Crippen LogP contribution < -0.4 is 5.73 Å². The highest BCUT2D eigenvalue weighted by molar-refractivity contribution is 7.89. The van der Waals surface area contributed by atoms with Gasteiger partial charge >= 0.3 is 0 Å². The van der Waals surface area contributed by atoms with Crippen LogP contribution in [-0.4, -0.2) is 49.7 Å². The van der Waals surface area contributed by atoms with Crippen LogP contribution in [-0.2, 0) is 21.2 Å². The summed E-state index contributed by atoms with van der Waals surface area (Å²) in [4.78, 5) is 14.6. The molecular formula is C20H26ClN3O3S. The number of sulfonamides is 1.